The molecule has 1 saturated heterocycles. The molecular weight excluding hydrogens is 501 g/mol. The van der Waals surface area contributed by atoms with Crippen molar-refractivity contribution in [3.8, 4) is 11.8 Å². The summed E-state index contributed by atoms with van der Waals surface area (Å²) in [6, 6.07) is 0. The van der Waals surface area contributed by atoms with Gasteiger partial charge in [0.05, 0.1) is 24.8 Å². The summed E-state index contributed by atoms with van der Waals surface area (Å²) in [6.45, 7) is -0.877. The summed E-state index contributed by atoms with van der Waals surface area (Å²) in [4.78, 5) is 51.3. The van der Waals surface area contributed by atoms with E-state index in [2.05, 4.69) is 30.0 Å². The molecule has 17 nitrogen and oxygen atoms in total. The molecule has 20 heteroatoms. The third kappa shape index (κ3) is 7.84. The van der Waals surface area contributed by atoms with Crippen molar-refractivity contribution in [2.45, 2.75) is 24.9 Å². The van der Waals surface area contributed by atoms with E-state index < -0.39 is 54.2 Å². The lowest BCUT2D eigenvalue weighted by Crippen LogP contribution is -2.29. The zero-order valence-corrected chi connectivity index (χ0v) is 18.5. The molecule has 180 valence electrons. The van der Waals surface area contributed by atoms with Crippen LogP contribution in [0, 0.1) is 11.8 Å². The van der Waals surface area contributed by atoms with Crippen molar-refractivity contribution in [2.75, 3.05) is 18.9 Å². The number of nitrogen functional groups attached to an aromatic ring is 1. The monoisotopic (exact) mass is 520 g/mol. The highest BCUT2D eigenvalue weighted by atomic mass is 31.3. The van der Waals surface area contributed by atoms with Crippen molar-refractivity contribution in [3.63, 3.8) is 0 Å². The van der Waals surface area contributed by atoms with Gasteiger partial charge in [0.1, 0.15) is 18.1 Å². The normalized spacial score (nSPS) is 24.9. The molecule has 1 aromatic rings. The second kappa shape index (κ2) is 10.2. The van der Waals surface area contributed by atoms with Crippen LogP contribution in [0.15, 0.2) is 11.0 Å². The molecule has 1 aliphatic rings. The minimum Gasteiger partial charge on any atom is -0.390 e. The van der Waals surface area contributed by atoms with Crippen LogP contribution >= 0.6 is 23.5 Å². The fraction of sp³-hybridized carbons (Fsp3) is 0.500. The number of aliphatic hydroxyl groups is 1. The number of aromatic nitrogens is 2. The van der Waals surface area contributed by atoms with Crippen LogP contribution in [0.25, 0.3) is 0 Å². The summed E-state index contributed by atoms with van der Waals surface area (Å²) in [7, 11) is -16.6. The van der Waals surface area contributed by atoms with Gasteiger partial charge in [-0.15, -0.1) is 0 Å². The lowest BCUT2D eigenvalue weighted by atomic mass is 10.2. The van der Waals surface area contributed by atoms with Crippen LogP contribution in [0.5, 0.6) is 0 Å². The van der Waals surface area contributed by atoms with Crippen molar-refractivity contribution in [2.24, 2.45) is 5.73 Å². The second-order valence-corrected chi connectivity index (χ2v) is 10.5. The first kappa shape index (κ1) is 26.8. The maximum Gasteiger partial charge on any atom is 0.490 e. The molecule has 0 bridgehead atoms. The van der Waals surface area contributed by atoms with Crippen LogP contribution in [0.3, 0.4) is 0 Å². The van der Waals surface area contributed by atoms with Gasteiger partial charge in [0.15, 0.2) is 0 Å². The zero-order valence-electron chi connectivity index (χ0n) is 15.8. The predicted molar refractivity (Wildman–Crippen MR) is 103 cm³/mol. The molecule has 9 N–H and O–H groups in total. The lowest BCUT2D eigenvalue weighted by Gasteiger charge is -2.19. The smallest absolute Gasteiger partial charge is 0.390 e. The van der Waals surface area contributed by atoms with Gasteiger partial charge in [-0.25, -0.2) is 18.5 Å². The van der Waals surface area contributed by atoms with Crippen LogP contribution in [0.4, 0.5) is 5.82 Å². The Morgan fingerprint density at radius 1 is 1.22 bits per heavy atom. The van der Waals surface area contributed by atoms with Crippen LogP contribution in [-0.2, 0) is 31.6 Å². The van der Waals surface area contributed by atoms with E-state index in [1.54, 1.807) is 0 Å². The average Bonchev–Trinajstić information content (AvgIpc) is 2.97. The molecule has 2 heterocycles. The summed E-state index contributed by atoms with van der Waals surface area (Å²) in [5, 5.41) is 10.1. The van der Waals surface area contributed by atoms with Gasteiger partial charge in [0, 0.05) is 12.6 Å². The summed E-state index contributed by atoms with van der Waals surface area (Å²) >= 11 is 0. The van der Waals surface area contributed by atoms with Gasteiger partial charge in [0.2, 0.25) is 0 Å². The molecule has 2 rings (SSSR count). The van der Waals surface area contributed by atoms with E-state index >= 15 is 0 Å². The quantitative estimate of drug-likeness (QED) is 0.146. The molecule has 0 spiro atoms. The number of phosphoric acid groups is 3. The fourth-order valence-corrected chi connectivity index (χ4v) is 5.47. The molecular formula is C12H19N4O13P3. The Balaban J connectivity index is 2.08. The summed E-state index contributed by atoms with van der Waals surface area (Å²) in [5.74, 6) is 4.97. The lowest BCUT2D eigenvalue weighted by molar-refractivity contribution is -0.0449. The highest BCUT2D eigenvalue weighted by Gasteiger charge is 2.43. The minimum absolute atomic E-state index is 0.0138. The molecule has 1 fully saturated rings. The summed E-state index contributed by atoms with van der Waals surface area (Å²) in [6.07, 6.45) is -2.75. The van der Waals surface area contributed by atoms with Crippen LogP contribution in [-0.4, -0.2) is 59.6 Å². The first-order chi connectivity index (χ1) is 14.6. The van der Waals surface area contributed by atoms with E-state index in [4.69, 9.17) is 30.9 Å². The number of phosphoric ester groups is 1. The van der Waals surface area contributed by atoms with Crippen molar-refractivity contribution >= 4 is 29.3 Å². The van der Waals surface area contributed by atoms with Gasteiger partial charge in [-0.05, 0) is 0 Å². The molecule has 4 unspecified atom stereocenters. The number of aliphatic hydroxyl groups excluding tert-OH is 1. The number of hydrogen-bond donors (Lipinski definition) is 7. The number of anilines is 1. The van der Waals surface area contributed by atoms with E-state index in [1.165, 1.54) is 6.20 Å². The summed E-state index contributed by atoms with van der Waals surface area (Å²) in [5.41, 5.74) is 10.2. The molecule has 0 aromatic carbocycles. The Morgan fingerprint density at radius 3 is 2.47 bits per heavy atom. The molecule has 0 saturated carbocycles. The van der Waals surface area contributed by atoms with E-state index in [9.17, 15) is 28.5 Å². The third-order valence-electron chi connectivity index (χ3n) is 3.64. The minimum atomic E-state index is -5.69. The van der Waals surface area contributed by atoms with E-state index in [0.29, 0.717) is 0 Å². The Bertz CT molecular complexity index is 1110. The van der Waals surface area contributed by atoms with Gasteiger partial charge in [-0.1, -0.05) is 11.8 Å². The van der Waals surface area contributed by atoms with Gasteiger partial charge < -0.3 is 40.9 Å². The number of rotatable bonds is 8. The molecule has 0 amide bonds. The maximum atomic E-state index is 12.1. The first-order valence-electron chi connectivity index (χ1n) is 8.32. The Kier molecular flexibility index (Phi) is 8.54. The maximum absolute atomic E-state index is 12.1. The Labute approximate surface area is 179 Å². The molecule has 5 atom stereocenters. The van der Waals surface area contributed by atoms with Crippen molar-refractivity contribution in [1.82, 2.24) is 9.55 Å². The standard InChI is InChI=1S/C12H19N4O13P3/c13-3-1-2-7-5-16(12(18)15-11(7)14)10-4-8(17)9(27-10)6-26-31(22,23)29-32(24,25)28-30(19,20)21/h5,8-10,17H,3-4,6,13H2,(H,22,23)(H,24,25)(H2,14,15,18)(H2,19,20,21)/t8-,9?,10?/m1/s1. The highest BCUT2D eigenvalue weighted by molar-refractivity contribution is 7.66. The molecule has 32 heavy (non-hydrogen) atoms. The zero-order chi connectivity index (χ0) is 24.3. The molecule has 1 aromatic heterocycles. The van der Waals surface area contributed by atoms with Crippen LogP contribution in [0.2, 0.25) is 0 Å². The van der Waals surface area contributed by atoms with E-state index in [-0.39, 0.29) is 24.3 Å². The molecule has 0 radical (unpaired) electrons. The van der Waals surface area contributed by atoms with E-state index in [1.807, 2.05) is 0 Å². The highest BCUT2D eigenvalue weighted by Crippen LogP contribution is 2.66. The van der Waals surface area contributed by atoms with Crippen LogP contribution in [0.1, 0.15) is 18.2 Å². The summed E-state index contributed by atoms with van der Waals surface area (Å²) < 4.78 is 51.6. The number of nitrogens with zero attached hydrogens (tertiary/aromatic N) is 2. The number of nitrogens with two attached hydrogens (primary N) is 2. The number of hydrogen-bond acceptors (Lipinski definition) is 12. The van der Waals surface area contributed by atoms with Crippen molar-refractivity contribution in [3.05, 3.63) is 22.2 Å². The first-order valence-corrected chi connectivity index (χ1v) is 12.8. The van der Waals surface area contributed by atoms with Gasteiger partial charge in [0.25, 0.3) is 0 Å². The fourth-order valence-electron chi connectivity index (χ4n) is 2.44. The molecule has 0 aliphatic carbocycles. The third-order valence-corrected chi connectivity index (χ3v) is 7.44. The van der Waals surface area contributed by atoms with Crippen LogP contribution < -0.4 is 17.2 Å². The van der Waals surface area contributed by atoms with Gasteiger partial charge in [-0.3, -0.25) is 9.09 Å². The average molecular weight is 520 g/mol. The van der Waals surface area contributed by atoms with Gasteiger partial charge >= 0.3 is 29.2 Å². The molecule has 1 aliphatic heterocycles. The topological polar surface area (TPSA) is 276 Å². The van der Waals surface area contributed by atoms with Crippen molar-refractivity contribution in [1.29, 1.82) is 0 Å². The number of ether oxygens (including phenoxy) is 1. The SMILES string of the molecule is NCC#Cc1cn(C2C[C@@H](O)C(COP(=O)(O)OP(=O)(O)OP(=O)(O)O)O2)c(=O)nc1N. The van der Waals surface area contributed by atoms with Crippen molar-refractivity contribution < 1.29 is 56.3 Å². The van der Waals surface area contributed by atoms with E-state index in [0.717, 1.165) is 4.57 Å². The Morgan fingerprint density at radius 2 is 1.88 bits per heavy atom. The van der Waals surface area contributed by atoms with Gasteiger partial charge in [-0.2, -0.15) is 13.6 Å². The Hall–Kier alpha value is -1.47. The second-order valence-electron chi connectivity index (χ2n) is 6.05. The predicted octanol–water partition coefficient (Wildman–Crippen LogP) is -1.87. The largest absolute Gasteiger partial charge is 0.490 e.